The number of halogens is 2. The van der Waals surface area contributed by atoms with E-state index in [1.807, 2.05) is 0 Å². The lowest BCUT2D eigenvalue weighted by Gasteiger charge is -2.28. The molecule has 0 unspecified atom stereocenters. The van der Waals surface area contributed by atoms with Gasteiger partial charge >= 0.3 is 0 Å². The zero-order chi connectivity index (χ0) is 11.6. The fraction of sp³-hybridized carbons (Fsp3) is 1.00. The second-order valence-corrected chi connectivity index (χ2v) is 4.34. The Hall–Kier alpha value is -0.350. The first kappa shape index (κ1) is 13.7. The predicted molar refractivity (Wildman–Crippen MR) is 45.5 cm³/mol. The summed E-state index contributed by atoms with van der Waals surface area (Å²) in [6.45, 7) is -2.62. The van der Waals surface area contributed by atoms with Crippen molar-refractivity contribution in [3.63, 3.8) is 0 Å². The van der Waals surface area contributed by atoms with Crippen molar-refractivity contribution in [3.8, 4) is 0 Å². The maximum absolute atomic E-state index is 12.7. The van der Waals surface area contributed by atoms with E-state index in [1.54, 1.807) is 0 Å². The van der Waals surface area contributed by atoms with E-state index >= 15 is 0 Å². The van der Waals surface area contributed by atoms with Crippen LogP contribution in [0.4, 0.5) is 8.78 Å². The number of nitrogens with two attached hydrogens (primary N) is 1. The van der Waals surface area contributed by atoms with Crippen molar-refractivity contribution >= 4 is 10.2 Å². The number of hydrazine groups is 1. The van der Waals surface area contributed by atoms with Crippen molar-refractivity contribution in [2.75, 3.05) is 27.2 Å². The number of nitrogens with zero attached hydrogens (tertiary/aromatic N) is 2. The highest BCUT2D eigenvalue weighted by Gasteiger charge is 2.35. The van der Waals surface area contributed by atoms with E-state index in [2.05, 4.69) is 5.14 Å². The summed E-state index contributed by atoms with van der Waals surface area (Å²) in [5.74, 6) is -3.52. The lowest BCUT2D eigenvalue weighted by molar-refractivity contribution is -0.0844. The summed E-state index contributed by atoms with van der Waals surface area (Å²) in [5, 5.41) is 13.8. The third-order valence-electron chi connectivity index (χ3n) is 1.34. The largest absolute Gasteiger partial charge is 0.390 e. The molecule has 0 aliphatic heterocycles. The predicted octanol–water partition coefficient (Wildman–Crippen LogP) is -1.40. The van der Waals surface area contributed by atoms with Crippen LogP contribution in [0.25, 0.3) is 0 Å². The fourth-order valence-electron chi connectivity index (χ4n) is 0.707. The third-order valence-corrected chi connectivity index (χ3v) is 2.38. The van der Waals surface area contributed by atoms with Gasteiger partial charge in [-0.25, -0.2) is 18.9 Å². The lowest BCUT2D eigenvalue weighted by atomic mass is 10.4. The van der Waals surface area contributed by atoms with Crippen LogP contribution in [0.15, 0.2) is 0 Å². The fourth-order valence-corrected chi connectivity index (χ4v) is 1.53. The molecule has 0 saturated heterocycles. The van der Waals surface area contributed by atoms with Gasteiger partial charge in [0.15, 0.2) is 0 Å². The second kappa shape index (κ2) is 4.45. The van der Waals surface area contributed by atoms with E-state index < -0.39 is 29.3 Å². The summed E-state index contributed by atoms with van der Waals surface area (Å²) in [7, 11) is -1.74. The van der Waals surface area contributed by atoms with Crippen LogP contribution in [0.5, 0.6) is 0 Å². The number of aliphatic hydroxyl groups is 1. The molecule has 0 amide bonds. The minimum absolute atomic E-state index is 0.267. The van der Waals surface area contributed by atoms with Gasteiger partial charge in [-0.1, -0.05) is 0 Å². The van der Waals surface area contributed by atoms with Crippen LogP contribution in [0.1, 0.15) is 0 Å². The average molecular weight is 233 g/mol. The molecule has 86 valence electrons. The number of hydrogen-bond acceptors (Lipinski definition) is 4. The summed E-state index contributed by atoms with van der Waals surface area (Å²) in [6.07, 6.45) is 0. The number of alkyl halides is 2. The highest BCUT2D eigenvalue weighted by molar-refractivity contribution is 7.86. The Morgan fingerprint density at radius 3 is 2.07 bits per heavy atom. The molecule has 0 fully saturated rings. The Bertz CT molecular complexity index is 280. The van der Waals surface area contributed by atoms with Crippen molar-refractivity contribution in [1.82, 2.24) is 9.42 Å². The molecule has 0 spiro atoms. The molecule has 0 heterocycles. The Balaban J connectivity index is 4.73. The molecule has 0 aromatic heterocycles. The van der Waals surface area contributed by atoms with Crippen LogP contribution < -0.4 is 5.14 Å². The van der Waals surface area contributed by atoms with Gasteiger partial charge in [0.2, 0.25) is 0 Å². The first-order valence-corrected chi connectivity index (χ1v) is 5.07. The van der Waals surface area contributed by atoms with Crippen molar-refractivity contribution in [2.45, 2.75) is 5.92 Å². The molecule has 0 aromatic carbocycles. The average Bonchev–Trinajstić information content (AvgIpc) is 1.98. The third kappa shape index (κ3) is 4.24. The molecule has 0 rings (SSSR count). The van der Waals surface area contributed by atoms with E-state index in [1.165, 1.54) is 14.1 Å². The zero-order valence-corrected chi connectivity index (χ0v) is 8.63. The SMILES string of the molecule is CN(C)N(CC(F)(F)CO)S(N)(=O)=O. The second-order valence-electron chi connectivity index (χ2n) is 2.89. The zero-order valence-electron chi connectivity index (χ0n) is 7.81. The smallest absolute Gasteiger partial charge is 0.290 e. The van der Waals surface area contributed by atoms with E-state index in [0.717, 1.165) is 5.01 Å². The monoisotopic (exact) mass is 233 g/mol. The topological polar surface area (TPSA) is 86.9 Å². The maximum atomic E-state index is 12.7. The molecule has 0 aliphatic carbocycles. The normalized spacial score (nSPS) is 14.0. The summed E-state index contributed by atoms with van der Waals surface area (Å²) in [5.41, 5.74) is 0. The first-order valence-electron chi connectivity index (χ1n) is 3.56. The van der Waals surface area contributed by atoms with Gasteiger partial charge in [0.25, 0.3) is 16.1 Å². The molecular weight excluding hydrogens is 220 g/mol. The van der Waals surface area contributed by atoms with Gasteiger partial charge in [-0.05, 0) is 0 Å². The standard InChI is InChI=1S/C5H13F2N3O3S/c1-9(2)10(14(8,12)13)3-5(6,7)4-11/h11H,3-4H2,1-2H3,(H2,8,12,13). The molecule has 0 radical (unpaired) electrons. The molecule has 0 aliphatic rings. The van der Waals surface area contributed by atoms with Gasteiger partial charge in [-0.3, -0.25) is 0 Å². The van der Waals surface area contributed by atoms with Crippen molar-refractivity contribution in [1.29, 1.82) is 0 Å². The summed E-state index contributed by atoms with van der Waals surface area (Å²) < 4.78 is 47.2. The van der Waals surface area contributed by atoms with Gasteiger partial charge in [0.05, 0.1) is 6.54 Å². The highest BCUT2D eigenvalue weighted by atomic mass is 32.2. The number of aliphatic hydroxyl groups excluding tert-OH is 1. The number of rotatable bonds is 5. The van der Waals surface area contributed by atoms with E-state index in [9.17, 15) is 17.2 Å². The molecule has 6 nitrogen and oxygen atoms in total. The molecule has 0 bridgehead atoms. The van der Waals surface area contributed by atoms with Crippen molar-refractivity contribution < 1.29 is 22.3 Å². The summed E-state index contributed by atoms with van der Waals surface area (Å²) in [6, 6.07) is 0. The molecule has 3 N–H and O–H groups in total. The van der Waals surface area contributed by atoms with Gasteiger partial charge in [0.1, 0.15) is 6.61 Å². The van der Waals surface area contributed by atoms with E-state index in [0.29, 0.717) is 0 Å². The Morgan fingerprint density at radius 2 is 1.86 bits per heavy atom. The van der Waals surface area contributed by atoms with E-state index in [4.69, 9.17) is 5.11 Å². The molecule has 9 heteroatoms. The molecule has 0 aromatic rings. The summed E-state index contributed by atoms with van der Waals surface area (Å²) >= 11 is 0. The maximum Gasteiger partial charge on any atom is 0.290 e. The summed E-state index contributed by atoms with van der Waals surface area (Å²) in [4.78, 5) is 0. The van der Waals surface area contributed by atoms with Crippen LogP contribution in [-0.2, 0) is 10.2 Å². The van der Waals surface area contributed by atoms with Crippen LogP contribution in [0, 0.1) is 0 Å². The van der Waals surface area contributed by atoms with Gasteiger partial charge < -0.3 is 5.11 Å². The van der Waals surface area contributed by atoms with Crippen LogP contribution >= 0.6 is 0 Å². The van der Waals surface area contributed by atoms with Crippen molar-refractivity contribution in [2.24, 2.45) is 5.14 Å². The van der Waals surface area contributed by atoms with Gasteiger partial charge in [-0.2, -0.15) is 8.42 Å². The Kier molecular flexibility index (Phi) is 4.34. The van der Waals surface area contributed by atoms with Crippen LogP contribution in [0.2, 0.25) is 0 Å². The molecule has 14 heavy (non-hydrogen) atoms. The number of hydrogen-bond donors (Lipinski definition) is 2. The van der Waals surface area contributed by atoms with Crippen LogP contribution in [0.3, 0.4) is 0 Å². The van der Waals surface area contributed by atoms with Gasteiger partial charge in [-0.15, -0.1) is 4.41 Å². The highest BCUT2D eigenvalue weighted by Crippen LogP contribution is 2.15. The van der Waals surface area contributed by atoms with E-state index in [-0.39, 0.29) is 4.41 Å². The van der Waals surface area contributed by atoms with Crippen LogP contribution in [-0.4, -0.2) is 56.1 Å². The molecule has 0 atom stereocenters. The Labute approximate surface area is 81.1 Å². The minimum Gasteiger partial charge on any atom is -0.390 e. The molecular formula is C5H13F2N3O3S. The minimum atomic E-state index is -4.24. The van der Waals surface area contributed by atoms with Gasteiger partial charge in [0, 0.05) is 14.1 Å². The lowest BCUT2D eigenvalue weighted by Crippen LogP contribution is -2.51. The molecule has 0 saturated carbocycles. The first-order chi connectivity index (χ1) is 6.10. The Morgan fingerprint density at radius 1 is 1.43 bits per heavy atom. The quantitative estimate of drug-likeness (QED) is 0.571. The van der Waals surface area contributed by atoms with Crippen molar-refractivity contribution in [3.05, 3.63) is 0 Å².